The predicted molar refractivity (Wildman–Crippen MR) is 85.6 cm³/mol. The van der Waals surface area contributed by atoms with Crippen LogP contribution in [0.5, 0.6) is 5.75 Å². The van der Waals surface area contributed by atoms with Gasteiger partial charge in [0.1, 0.15) is 5.75 Å². The highest BCUT2D eigenvalue weighted by atomic mass is 32.2. The van der Waals surface area contributed by atoms with Gasteiger partial charge in [-0.1, -0.05) is 6.92 Å². The van der Waals surface area contributed by atoms with Crippen molar-refractivity contribution in [2.75, 3.05) is 12.9 Å². The molecule has 2 rings (SSSR count). The van der Waals surface area contributed by atoms with Crippen molar-refractivity contribution in [3.63, 3.8) is 0 Å². The summed E-state index contributed by atoms with van der Waals surface area (Å²) in [6.45, 7) is 2.29. The first-order valence-corrected chi connectivity index (χ1v) is 7.95. The molecular formula is C17H21NOS. The molecule has 2 nitrogen and oxygen atoms in total. The summed E-state index contributed by atoms with van der Waals surface area (Å²) in [5.74, 6) is 2.68. The van der Waals surface area contributed by atoms with Crippen molar-refractivity contribution in [1.29, 1.82) is 0 Å². The molecule has 0 N–H and O–H groups in total. The molecule has 1 heterocycles. The van der Waals surface area contributed by atoms with Crippen LogP contribution in [0.1, 0.15) is 31.2 Å². The lowest BCUT2D eigenvalue weighted by atomic mass is 9.98. The summed E-state index contributed by atoms with van der Waals surface area (Å²) in [5, 5.41) is 0. The van der Waals surface area contributed by atoms with E-state index in [-0.39, 0.29) is 0 Å². The normalized spacial score (nSPS) is 12.1. The second kappa shape index (κ2) is 7.95. The van der Waals surface area contributed by atoms with Crippen LogP contribution < -0.4 is 4.74 Å². The highest BCUT2D eigenvalue weighted by molar-refractivity contribution is 7.99. The van der Waals surface area contributed by atoms with Gasteiger partial charge < -0.3 is 4.74 Å². The number of methoxy groups -OCH3 is 1. The fourth-order valence-corrected chi connectivity index (χ4v) is 2.99. The molecule has 0 bridgehead atoms. The Bertz CT molecular complexity index is 498. The molecule has 1 aromatic carbocycles. The van der Waals surface area contributed by atoms with E-state index >= 15 is 0 Å². The number of aromatic nitrogens is 1. The summed E-state index contributed by atoms with van der Waals surface area (Å²) in [6, 6.07) is 12.5. The fourth-order valence-electron chi connectivity index (χ4n) is 2.11. The van der Waals surface area contributed by atoms with E-state index in [1.165, 1.54) is 23.3 Å². The standard InChI is InChI=1S/C17H21NOS/c1-14(15-9-11-18-12-10-15)4-3-13-20-17-7-5-16(19-2)6-8-17/h5-12,14H,3-4,13H2,1-2H3. The molecule has 0 aliphatic carbocycles. The van der Waals surface area contributed by atoms with Crippen molar-refractivity contribution in [1.82, 2.24) is 4.98 Å². The van der Waals surface area contributed by atoms with Gasteiger partial charge in [0.15, 0.2) is 0 Å². The minimum atomic E-state index is 0.606. The number of thioether (sulfide) groups is 1. The van der Waals surface area contributed by atoms with Gasteiger partial charge in [-0.25, -0.2) is 0 Å². The molecule has 1 unspecified atom stereocenters. The quantitative estimate of drug-likeness (QED) is 0.541. The van der Waals surface area contributed by atoms with Crippen LogP contribution in [-0.2, 0) is 0 Å². The number of hydrogen-bond donors (Lipinski definition) is 0. The SMILES string of the molecule is COc1ccc(SCCCC(C)c2ccncc2)cc1. The second-order valence-electron chi connectivity index (χ2n) is 4.85. The molecule has 2 aromatic rings. The molecule has 0 spiro atoms. The number of nitrogens with zero attached hydrogens (tertiary/aromatic N) is 1. The van der Waals surface area contributed by atoms with Crippen LogP contribution in [0, 0.1) is 0 Å². The van der Waals surface area contributed by atoms with Crippen molar-refractivity contribution >= 4 is 11.8 Å². The van der Waals surface area contributed by atoms with E-state index in [9.17, 15) is 0 Å². The molecule has 0 saturated carbocycles. The van der Waals surface area contributed by atoms with Gasteiger partial charge in [0.2, 0.25) is 0 Å². The van der Waals surface area contributed by atoms with Gasteiger partial charge in [0.05, 0.1) is 7.11 Å². The minimum absolute atomic E-state index is 0.606. The lowest BCUT2D eigenvalue weighted by molar-refractivity contribution is 0.414. The van der Waals surface area contributed by atoms with Gasteiger partial charge in [0.25, 0.3) is 0 Å². The van der Waals surface area contributed by atoms with Crippen LogP contribution in [0.25, 0.3) is 0 Å². The van der Waals surface area contributed by atoms with E-state index < -0.39 is 0 Å². The number of hydrogen-bond acceptors (Lipinski definition) is 3. The molecule has 1 aromatic heterocycles. The number of ether oxygens (including phenoxy) is 1. The van der Waals surface area contributed by atoms with Crippen LogP contribution >= 0.6 is 11.8 Å². The number of pyridine rings is 1. The highest BCUT2D eigenvalue weighted by Gasteiger charge is 2.04. The molecule has 0 saturated heterocycles. The third-order valence-electron chi connectivity index (χ3n) is 3.38. The van der Waals surface area contributed by atoms with E-state index in [4.69, 9.17) is 4.74 Å². The Hall–Kier alpha value is -1.48. The summed E-state index contributed by atoms with van der Waals surface area (Å²) in [4.78, 5) is 5.37. The topological polar surface area (TPSA) is 22.1 Å². The van der Waals surface area contributed by atoms with E-state index in [2.05, 4.69) is 36.2 Å². The van der Waals surface area contributed by atoms with Crippen molar-refractivity contribution in [2.24, 2.45) is 0 Å². The molecule has 0 fully saturated rings. The van der Waals surface area contributed by atoms with Crippen molar-refractivity contribution in [3.8, 4) is 5.75 Å². The summed E-state index contributed by atoms with van der Waals surface area (Å²) in [5.41, 5.74) is 1.38. The Morgan fingerprint density at radius 3 is 2.45 bits per heavy atom. The second-order valence-corrected chi connectivity index (χ2v) is 6.02. The first-order chi connectivity index (χ1) is 9.79. The molecule has 106 valence electrons. The summed E-state index contributed by atoms with van der Waals surface area (Å²) >= 11 is 1.91. The van der Waals surface area contributed by atoms with Crippen molar-refractivity contribution < 1.29 is 4.74 Å². The zero-order valence-corrected chi connectivity index (χ0v) is 12.9. The molecule has 1 atom stereocenters. The molecule has 20 heavy (non-hydrogen) atoms. The Kier molecular flexibility index (Phi) is 5.93. The maximum atomic E-state index is 5.16. The maximum absolute atomic E-state index is 5.16. The van der Waals surface area contributed by atoms with Gasteiger partial charge in [0, 0.05) is 17.3 Å². The zero-order valence-electron chi connectivity index (χ0n) is 12.1. The van der Waals surface area contributed by atoms with Crippen molar-refractivity contribution in [3.05, 3.63) is 54.4 Å². The lowest BCUT2D eigenvalue weighted by Crippen LogP contribution is -1.94. The van der Waals surface area contributed by atoms with E-state index in [0.29, 0.717) is 5.92 Å². The largest absolute Gasteiger partial charge is 0.497 e. The van der Waals surface area contributed by atoms with Crippen LogP contribution in [0.2, 0.25) is 0 Å². The Morgan fingerprint density at radius 1 is 1.10 bits per heavy atom. The predicted octanol–water partition coefficient (Wildman–Crippen LogP) is 4.77. The highest BCUT2D eigenvalue weighted by Crippen LogP contribution is 2.25. The Balaban J connectivity index is 1.70. The van der Waals surface area contributed by atoms with E-state index in [1.54, 1.807) is 7.11 Å². The van der Waals surface area contributed by atoms with Gasteiger partial charge >= 0.3 is 0 Å². The molecule has 0 amide bonds. The number of rotatable bonds is 7. The molecule has 3 heteroatoms. The Labute approximate surface area is 125 Å². The molecular weight excluding hydrogens is 266 g/mol. The van der Waals surface area contributed by atoms with Crippen molar-refractivity contribution in [2.45, 2.75) is 30.6 Å². The maximum Gasteiger partial charge on any atom is 0.118 e. The van der Waals surface area contributed by atoms with Gasteiger partial charge in [-0.15, -0.1) is 11.8 Å². The third-order valence-corrected chi connectivity index (χ3v) is 4.48. The summed E-state index contributed by atoms with van der Waals surface area (Å²) in [7, 11) is 1.70. The van der Waals surface area contributed by atoms with Gasteiger partial charge in [-0.05, 0) is 66.5 Å². The monoisotopic (exact) mass is 287 g/mol. The van der Waals surface area contributed by atoms with Gasteiger partial charge in [-0.2, -0.15) is 0 Å². The average Bonchev–Trinajstić information content (AvgIpc) is 2.53. The Morgan fingerprint density at radius 2 is 1.80 bits per heavy atom. The van der Waals surface area contributed by atoms with Crippen LogP contribution in [0.15, 0.2) is 53.7 Å². The lowest BCUT2D eigenvalue weighted by Gasteiger charge is -2.11. The number of benzene rings is 1. The third kappa shape index (κ3) is 4.57. The average molecular weight is 287 g/mol. The summed E-state index contributed by atoms with van der Waals surface area (Å²) < 4.78 is 5.16. The summed E-state index contributed by atoms with van der Waals surface area (Å²) in [6.07, 6.45) is 6.18. The van der Waals surface area contributed by atoms with E-state index in [1.807, 2.05) is 36.3 Å². The smallest absolute Gasteiger partial charge is 0.118 e. The molecule has 0 aliphatic heterocycles. The molecule has 0 radical (unpaired) electrons. The minimum Gasteiger partial charge on any atom is -0.497 e. The van der Waals surface area contributed by atoms with Crippen LogP contribution in [-0.4, -0.2) is 17.8 Å². The first kappa shape index (κ1) is 14.9. The van der Waals surface area contributed by atoms with E-state index in [0.717, 1.165) is 11.5 Å². The fraction of sp³-hybridized carbons (Fsp3) is 0.353. The first-order valence-electron chi connectivity index (χ1n) is 6.96. The zero-order chi connectivity index (χ0) is 14.2. The van der Waals surface area contributed by atoms with Crippen LogP contribution in [0.3, 0.4) is 0 Å². The molecule has 0 aliphatic rings. The van der Waals surface area contributed by atoms with Crippen LogP contribution in [0.4, 0.5) is 0 Å². The van der Waals surface area contributed by atoms with Gasteiger partial charge in [-0.3, -0.25) is 4.98 Å².